The van der Waals surface area contributed by atoms with Gasteiger partial charge in [0, 0.05) is 19.8 Å². The van der Waals surface area contributed by atoms with Crippen LogP contribution >= 0.6 is 0 Å². The molecule has 0 saturated heterocycles. The van der Waals surface area contributed by atoms with E-state index >= 15 is 0 Å². The molecule has 0 amide bonds. The summed E-state index contributed by atoms with van der Waals surface area (Å²) in [4.78, 5) is 4.39. The number of benzene rings is 1. The van der Waals surface area contributed by atoms with Crippen LogP contribution < -0.4 is 5.73 Å². The van der Waals surface area contributed by atoms with Crippen LogP contribution in [0.25, 0.3) is 0 Å². The van der Waals surface area contributed by atoms with E-state index in [0.29, 0.717) is 11.3 Å². The minimum atomic E-state index is -3.57. The molecular weight excluding hydrogens is 274 g/mol. The molecule has 0 atom stereocenters. The number of nitrogens with two attached hydrogens (primary N) is 1. The highest BCUT2D eigenvalue weighted by atomic mass is 32.2. The largest absolute Gasteiger partial charge is 0.326 e. The van der Waals surface area contributed by atoms with Gasteiger partial charge in [0.05, 0.1) is 17.1 Å². The van der Waals surface area contributed by atoms with Crippen molar-refractivity contribution in [3.63, 3.8) is 0 Å². The maximum Gasteiger partial charge on any atom is 0.243 e. The van der Waals surface area contributed by atoms with Crippen molar-refractivity contribution in [1.29, 1.82) is 0 Å². The maximum absolute atomic E-state index is 12.6. The number of hydrogen-bond donors (Lipinski definition) is 1. The molecule has 0 fully saturated rings. The van der Waals surface area contributed by atoms with Crippen molar-refractivity contribution >= 4 is 10.0 Å². The molecule has 0 aliphatic heterocycles. The van der Waals surface area contributed by atoms with Crippen LogP contribution in [0.3, 0.4) is 0 Å². The van der Waals surface area contributed by atoms with Gasteiger partial charge in [-0.2, -0.15) is 4.31 Å². The molecule has 106 valence electrons. The third kappa shape index (κ3) is 3.04. The summed E-state index contributed by atoms with van der Waals surface area (Å²) in [5, 5.41) is 0. The van der Waals surface area contributed by atoms with E-state index in [1.807, 2.05) is 6.07 Å². The number of nitrogens with zero attached hydrogens (tertiary/aromatic N) is 2. The number of sulfonamides is 1. The smallest absolute Gasteiger partial charge is 0.243 e. The van der Waals surface area contributed by atoms with Crippen LogP contribution in [-0.4, -0.2) is 24.8 Å². The molecule has 2 aromatic rings. The fourth-order valence-corrected chi connectivity index (χ4v) is 3.27. The van der Waals surface area contributed by atoms with E-state index in [0.717, 1.165) is 0 Å². The Kier molecular flexibility index (Phi) is 4.49. The van der Waals surface area contributed by atoms with Gasteiger partial charge in [0.2, 0.25) is 10.0 Å². The lowest BCUT2D eigenvalue weighted by atomic mass is 10.2. The number of pyridine rings is 1. The Balaban J connectivity index is 2.30. The predicted molar refractivity (Wildman–Crippen MR) is 77.2 cm³/mol. The Morgan fingerprint density at radius 1 is 1.15 bits per heavy atom. The SMILES string of the molecule is CN(Cc1ccccn1)S(=O)(=O)c1ccccc1CN. The zero-order chi connectivity index (χ0) is 14.6. The Hall–Kier alpha value is -1.76. The first-order valence-corrected chi connectivity index (χ1v) is 7.64. The lowest BCUT2D eigenvalue weighted by Gasteiger charge is -2.18. The van der Waals surface area contributed by atoms with Gasteiger partial charge in [-0.25, -0.2) is 8.42 Å². The second-order valence-electron chi connectivity index (χ2n) is 4.39. The Morgan fingerprint density at radius 2 is 1.85 bits per heavy atom. The summed E-state index contributed by atoms with van der Waals surface area (Å²) in [7, 11) is -2.03. The van der Waals surface area contributed by atoms with E-state index in [4.69, 9.17) is 5.73 Å². The molecule has 0 aliphatic carbocycles. The van der Waals surface area contributed by atoms with E-state index in [1.165, 1.54) is 11.4 Å². The molecule has 0 aliphatic rings. The van der Waals surface area contributed by atoms with Crippen molar-refractivity contribution in [3.05, 3.63) is 59.9 Å². The van der Waals surface area contributed by atoms with Gasteiger partial charge in [0.1, 0.15) is 0 Å². The van der Waals surface area contributed by atoms with Crippen LogP contribution in [0.15, 0.2) is 53.6 Å². The second kappa shape index (κ2) is 6.13. The zero-order valence-corrected chi connectivity index (χ0v) is 12.0. The van der Waals surface area contributed by atoms with Crippen LogP contribution in [0.4, 0.5) is 0 Å². The third-order valence-electron chi connectivity index (χ3n) is 2.99. The summed E-state index contributed by atoms with van der Waals surface area (Å²) in [5.74, 6) is 0. The molecule has 0 radical (unpaired) electrons. The Bertz CT molecular complexity index is 672. The standard InChI is InChI=1S/C14H17N3O2S/c1-17(11-13-7-4-5-9-16-13)20(18,19)14-8-3-2-6-12(14)10-15/h2-9H,10-11,15H2,1H3. The Labute approximate surface area is 119 Å². The van der Waals surface area contributed by atoms with Gasteiger partial charge in [-0.1, -0.05) is 24.3 Å². The average molecular weight is 291 g/mol. The van der Waals surface area contributed by atoms with Gasteiger partial charge >= 0.3 is 0 Å². The van der Waals surface area contributed by atoms with Crippen molar-refractivity contribution in [2.75, 3.05) is 7.05 Å². The quantitative estimate of drug-likeness (QED) is 0.902. The maximum atomic E-state index is 12.6. The molecule has 0 spiro atoms. The second-order valence-corrected chi connectivity index (χ2v) is 6.41. The molecule has 20 heavy (non-hydrogen) atoms. The van der Waals surface area contributed by atoms with E-state index in [1.54, 1.807) is 42.6 Å². The molecule has 1 heterocycles. The molecule has 1 aromatic heterocycles. The van der Waals surface area contributed by atoms with Crippen molar-refractivity contribution in [2.24, 2.45) is 5.73 Å². The van der Waals surface area contributed by atoms with Gasteiger partial charge in [0.25, 0.3) is 0 Å². The highest BCUT2D eigenvalue weighted by Gasteiger charge is 2.23. The molecule has 0 bridgehead atoms. The minimum Gasteiger partial charge on any atom is -0.326 e. The topological polar surface area (TPSA) is 76.3 Å². The highest BCUT2D eigenvalue weighted by molar-refractivity contribution is 7.89. The monoisotopic (exact) mass is 291 g/mol. The molecule has 1 aromatic carbocycles. The summed E-state index contributed by atoms with van der Waals surface area (Å²) in [6, 6.07) is 12.2. The summed E-state index contributed by atoms with van der Waals surface area (Å²) in [6.45, 7) is 0.412. The van der Waals surface area contributed by atoms with Crippen molar-refractivity contribution in [3.8, 4) is 0 Å². The summed E-state index contributed by atoms with van der Waals surface area (Å²) in [5.41, 5.74) is 6.91. The first-order chi connectivity index (χ1) is 9.55. The van der Waals surface area contributed by atoms with Crippen molar-refractivity contribution in [1.82, 2.24) is 9.29 Å². The molecule has 0 saturated carbocycles. The average Bonchev–Trinajstić information content (AvgIpc) is 2.48. The fraction of sp³-hybridized carbons (Fsp3) is 0.214. The minimum absolute atomic E-state index is 0.187. The molecule has 2 N–H and O–H groups in total. The Morgan fingerprint density at radius 3 is 2.50 bits per heavy atom. The molecule has 2 rings (SSSR count). The highest BCUT2D eigenvalue weighted by Crippen LogP contribution is 2.20. The van der Waals surface area contributed by atoms with Crippen LogP contribution in [0.1, 0.15) is 11.3 Å². The summed E-state index contributed by atoms with van der Waals surface area (Å²) >= 11 is 0. The summed E-state index contributed by atoms with van der Waals surface area (Å²) < 4.78 is 26.4. The van der Waals surface area contributed by atoms with E-state index < -0.39 is 10.0 Å². The van der Waals surface area contributed by atoms with Gasteiger partial charge in [-0.05, 0) is 23.8 Å². The molecule has 6 heteroatoms. The van der Waals surface area contributed by atoms with Crippen molar-refractivity contribution < 1.29 is 8.42 Å². The summed E-state index contributed by atoms with van der Waals surface area (Å²) in [6.07, 6.45) is 1.64. The third-order valence-corrected chi connectivity index (χ3v) is 4.90. The lowest BCUT2D eigenvalue weighted by molar-refractivity contribution is 0.461. The van der Waals surface area contributed by atoms with Gasteiger partial charge in [0.15, 0.2) is 0 Å². The molecular formula is C14H17N3O2S. The molecule has 5 nitrogen and oxygen atoms in total. The number of aromatic nitrogens is 1. The van der Waals surface area contributed by atoms with Crippen LogP contribution in [0.2, 0.25) is 0 Å². The number of hydrogen-bond acceptors (Lipinski definition) is 4. The normalized spacial score (nSPS) is 11.8. The van der Waals surface area contributed by atoms with Crippen LogP contribution in [0, 0.1) is 0 Å². The van der Waals surface area contributed by atoms with E-state index in [2.05, 4.69) is 4.98 Å². The van der Waals surface area contributed by atoms with Crippen LogP contribution in [0.5, 0.6) is 0 Å². The van der Waals surface area contributed by atoms with E-state index in [9.17, 15) is 8.42 Å². The lowest BCUT2D eigenvalue weighted by Crippen LogP contribution is -2.28. The first kappa shape index (κ1) is 14.6. The van der Waals surface area contributed by atoms with E-state index in [-0.39, 0.29) is 18.0 Å². The van der Waals surface area contributed by atoms with Gasteiger partial charge < -0.3 is 5.73 Å². The van der Waals surface area contributed by atoms with Gasteiger partial charge in [-0.15, -0.1) is 0 Å². The molecule has 0 unspecified atom stereocenters. The zero-order valence-electron chi connectivity index (χ0n) is 11.2. The predicted octanol–water partition coefficient (Wildman–Crippen LogP) is 1.36. The fourth-order valence-electron chi connectivity index (χ4n) is 1.90. The van der Waals surface area contributed by atoms with Gasteiger partial charge in [-0.3, -0.25) is 4.98 Å². The van der Waals surface area contributed by atoms with Crippen LogP contribution in [-0.2, 0) is 23.1 Å². The number of rotatable bonds is 5. The van der Waals surface area contributed by atoms with Crippen molar-refractivity contribution in [2.45, 2.75) is 18.0 Å². The first-order valence-electron chi connectivity index (χ1n) is 6.20.